The first-order valence-corrected chi connectivity index (χ1v) is 4.98. The lowest BCUT2D eigenvalue weighted by Gasteiger charge is -2.11. The number of aryl methyl sites for hydroxylation is 1. The highest BCUT2D eigenvalue weighted by Gasteiger charge is 2.10. The van der Waals surface area contributed by atoms with E-state index in [9.17, 15) is 0 Å². The molecule has 0 amide bonds. The number of hydrogen-bond donors (Lipinski definition) is 1. The van der Waals surface area contributed by atoms with Crippen LogP contribution in [0.3, 0.4) is 0 Å². The van der Waals surface area contributed by atoms with Crippen LogP contribution in [0.2, 0.25) is 0 Å². The number of nitrogens with one attached hydrogen (secondary N) is 1. The molecule has 0 spiro atoms. The molecule has 1 aromatic rings. The summed E-state index contributed by atoms with van der Waals surface area (Å²) in [6, 6.07) is 0.0906. The molecule has 0 bridgehead atoms. The highest BCUT2D eigenvalue weighted by molar-refractivity contribution is 6.36. The highest BCUT2D eigenvalue weighted by atomic mass is 35.5. The van der Waals surface area contributed by atoms with Gasteiger partial charge in [0.25, 0.3) is 0 Å². The van der Waals surface area contributed by atoms with Gasteiger partial charge in [0.15, 0.2) is 0 Å². The largest absolute Gasteiger partial charge is 0.319 e. The fraction of sp³-hybridized carbons (Fsp3) is 0.500. The predicted molar refractivity (Wildman–Crippen MR) is 57.2 cm³/mol. The number of nitrogens with zero attached hydrogens (tertiary/aromatic N) is 3. The lowest BCUT2D eigenvalue weighted by molar-refractivity contribution is 0.557. The maximum atomic E-state index is 5.73. The molecule has 0 saturated carbocycles. The Morgan fingerprint density at radius 3 is 3.00 bits per heavy atom. The van der Waals surface area contributed by atoms with Crippen LogP contribution < -0.4 is 5.32 Å². The van der Waals surface area contributed by atoms with Gasteiger partial charge in [-0.15, -0.1) is 10.2 Å². The first-order valence-electron chi connectivity index (χ1n) is 4.17. The number of aromatic nitrogens is 3. The molecule has 6 heteroatoms. The van der Waals surface area contributed by atoms with E-state index >= 15 is 0 Å². The summed E-state index contributed by atoms with van der Waals surface area (Å²) in [7, 11) is 1.90. The molecular weight excluding hydrogens is 223 g/mol. The van der Waals surface area contributed by atoms with Gasteiger partial charge in [-0.25, -0.2) is 0 Å². The van der Waals surface area contributed by atoms with Gasteiger partial charge in [-0.05, 0) is 6.92 Å². The second-order valence-corrected chi connectivity index (χ2v) is 3.66. The third-order valence-electron chi connectivity index (χ3n) is 1.83. The minimum absolute atomic E-state index is 0.0906. The molecule has 0 aromatic carbocycles. The fourth-order valence-corrected chi connectivity index (χ4v) is 1.22. The Kier molecular flexibility index (Phi) is 4.38. The average Bonchev–Trinajstić information content (AvgIpc) is 2.60. The van der Waals surface area contributed by atoms with Crippen LogP contribution in [0.5, 0.6) is 0 Å². The molecule has 0 aliphatic heterocycles. The Labute approximate surface area is 92.9 Å². The van der Waals surface area contributed by atoms with E-state index in [1.165, 1.54) is 5.54 Å². The van der Waals surface area contributed by atoms with Crippen LogP contribution >= 0.6 is 23.2 Å². The summed E-state index contributed by atoms with van der Waals surface area (Å²) >= 11 is 11.2. The standard InChI is InChI=1S/C8H12Cl2N4/c1-6(11-4-7(10)3-9)8-13-12-5-14(8)2/h3,5-6,11H,4H2,1-2H3. The predicted octanol–water partition coefficient (Wildman–Crippen LogP) is 1.78. The van der Waals surface area contributed by atoms with Crippen LogP contribution in [0.1, 0.15) is 18.8 Å². The Morgan fingerprint density at radius 2 is 2.50 bits per heavy atom. The fourth-order valence-electron chi connectivity index (χ4n) is 1.06. The topological polar surface area (TPSA) is 42.7 Å². The van der Waals surface area contributed by atoms with E-state index in [4.69, 9.17) is 23.2 Å². The van der Waals surface area contributed by atoms with Crippen molar-refractivity contribution in [2.75, 3.05) is 6.54 Å². The van der Waals surface area contributed by atoms with Gasteiger partial charge >= 0.3 is 0 Å². The van der Waals surface area contributed by atoms with E-state index in [-0.39, 0.29) is 6.04 Å². The van der Waals surface area contributed by atoms with Crippen molar-refractivity contribution in [3.63, 3.8) is 0 Å². The van der Waals surface area contributed by atoms with Crippen molar-refractivity contribution in [1.29, 1.82) is 0 Å². The van der Waals surface area contributed by atoms with Gasteiger partial charge in [-0.3, -0.25) is 0 Å². The van der Waals surface area contributed by atoms with Gasteiger partial charge in [-0.2, -0.15) is 0 Å². The Morgan fingerprint density at radius 1 is 1.79 bits per heavy atom. The van der Waals surface area contributed by atoms with Crippen LogP contribution in [-0.4, -0.2) is 21.3 Å². The summed E-state index contributed by atoms with van der Waals surface area (Å²) in [5.74, 6) is 0.865. The minimum atomic E-state index is 0.0906. The van der Waals surface area contributed by atoms with E-state index in [1.807, 2.05) is 18.5 Å². The minimum Gasteiger partial charge on any atom is -0.319 e. The first kappa shape index (κ1) is 11.5. The van der Waals surface area contributed by atoms with Gasteiger partial charge in [0.2, 0.25) is 0 Å². The van der Waals surface area contributed by atoms with Crippen molar-refractivity contribution in [1.82, 2.24) is 20.1 Å². The zero-order chi connectivity index (χ0) is 10.6. The monoisotopic (exact) mass is 234 g/mol. The highest BCUT2D eigenvalue weighted by Crippen LogP contribution is 2.09. The smallest absolute Gasteiger partial charge is 0.149 e. The quantitative estimate of drug-likeness (QED) is 0.864. The van der Waals surface area contributed by atoms with Gasteiger partial charge in [0.1, 0.15) is 12.2 Å². The Balaban J connectivity index is 2.51. The van der Waals surface area contributed by atoms with Gasteiger partial charge in [0.05, 0.1) is 6.04 Å². The SMILES string of the molecule is CC(NCC(Cl)=CCl)c1nncn1C. The second-order valence-electron chi connectivity index (χ2n) is 2.96. The van der Waals surface area contributed by atoms with Crippen molar-refractivity contribution in [3.05, 3.63) is 22.7 Å². The molecule has 1 rings (SSSR count). The molecule has 4 nitrogen and oxygen atoms in total. The van der Waals surface area contributed by atoms with Crippen LogP contribution in [0.25, 0.3) is 0 Å². The van der Waals surface area contributed by atoms with E-state index in [2.05, 4.69) is 15.5 Å². The average molecular weight is 235 g/mol. The summed E-state index contributed by atoms with van der Waals surface area (Å²) in [4.78, 5) is 0. The first-order chi connectivity index (χ1) is 6.65. The maximum Gasteiger partial charge on any atom is 0.149 e. The van der Waals surface area contributed by atoms with Crippen LogP contribution in [-0.2, 0) is 7.05 Å². The van der Waals surface area contributed by atoms with Crippen molar-refractivity contribution >= 4 is 23.2 Å². The number of hydrogen-bond acceptors (Lipinski definition) is 3. The van der Waals surface area contributed by atoms with Gasteiger partial charge < -0.3 is 9.88 Å². The van der Waals surface area contributed by atoms with Crippen LogP contribution in [0, 0.1) is 0 Å². The zero-order valence-electron chi connectivity index (χ0n) is 8.04. The van der Waals surface area contributed by atoms with Crippen LogP contribution in [0.15, 0.2) is 16.9 Å². The molecule has 0 aliphatic carbocycles. The molecule has 1 aromatic heterocycles. The molecular formula is C8H12Cl2N4. The van der Waals surface area contributed by atoms with E-state index in [0.29, 0.717) is 11.6 Å². The third kappa shape index (κ3) is 2.97. The lowest BCUT2D eigenvalue weighted by Crippen LogP contribution is -2.22. The molecule has 0 radical (unpaired) electrons. The zero-order valence-corrected chi connectivity index (χ0v) is 9.55. The summed E-state index contributed by atoms with van der Waals surface area (Å²) in [5, 5.41) is 11.5. The molecule has 1 N–H and O–H groups in total. The summed E-state index contributed by atoms with van der Waals surface area (Å²) in [6.07, 6.45) is 1.66. The van der Waals surface area contributed by atoms with Crippen molar-refractivity contribution < 1.29 is 0 Å². The van der Waals surface area contributed by atoms with Crippen molar-refractivity contribution in [2.45, 2.75) is 13.0 Å². The molecule has 14 heavy (non-hydrogen) atoms. The molecule has 1 atom stereocenters. The van der Waals surface area contributed by atoms with E-state index in [0.717, 1.165) is 5.82 Å². The molecule has 0 saturated heterocycles. The lowest BCUT2D eigenvalue weighted by atomic mass is 10.3. The Hall–Kier alpha value is -0.580. The normalized spacial score (nSPS) is 14.4. The third-order valence-corrected chi connectivity index (χ3v) is 2.45. The molecule has 1 heterocycles. The number of rotatable bonds is 4. The molecule has 0 fully saturated rings. The number of halogens is 2. The van der Waals surface area contributed by atoms with Gasteiger partial charge in [0, 0.05) is 24.2 Å². The maximum absolute atomic E-state index is 5.73. The molecule has 78 valence electrons. The van der Waals surface area contributed by atoms with E-state index < -0.39 is 0 Å². The summed E-state index contributed by atoms with van der Waals surface area (Å²) < 4.78 is 1.86. The molecule has 0 aliphatic rings. The van der Waals surface area contributed by atoms with Gasteiger partial charge in [-0.1, -0.05) is 23.2 Å². The van der Waals surface area contributed by atoms with E-state index in [1.54, 1.807) is 6.33 Å². The summed E-state index contributed by atoms with van der Waals surface area (Å²) in [6.45, 7) is 2.52. The summed E-state index contributed by atoms with van der Waals surface area (Å²) in [5.41, 5.74) is 1.35. The van der Waals surface area contributed by atoms with Crippen molar-refractivity contribution in [3.8, 4) is 0 Å². The second kappa shape index (κ2) is 5.34. The van der Waals surface area contributed by atoms with Crippen molar-refractivity contribution in [2.24, 2.45) is 7.05 Å². The van der Waals surface area contributed by atoms with Crippen LogP contribution in [0.4, 0.5) is 0 Å². The molecule has 1 unspecified atom stereocenters. The Bertz CT molecular complexity index is 321.